The molecule has 1 aromatic heterocycles. The summed E-state index contributed by atoms with van der Waals surface area (Å²) in [5.41, 5.74) is 3.66. The van der Waals surface area contributed by atoms with Gasteiger partial charge in [-0.3, -0.25) is 9.59 Å². The molecule has 1 aromatic carbocycles. The van der Waals surface area contributed by atoms with Gasteiger partial charge < -0.3 is 10.3 Å². The average molecular weight is 296 g/mol. The van der Waals surface area contributed by atoms with Crippen LogP contribution in [-0.2, 0) is 12.8 Å². The van der Waals surface area contributed by atoms with E-state index in [1.165, 1.54) is 0 Å². The minimum atomic E-state index is -0.350. The summed E-state index contributed by atoms with van der Waals surface area (Å²) in [5, 5.41) is 2.83. The van der Waals surface area contributed by atoms with Crippen molar-refractivity contribution < 1.29 is 4.79 Å². The van der Waals surface area contributed by atoms with Gasteiger partial charge in [0.1, 0.15) is 5.56 Å². The fraction of sp³-hybridized carbons (Fsp3) is 0.333. The van der Waals surface area contributed by atoms with Crippen LogP contribution >= 0.6 is 0 Å². The van der Waals surface area contributed by atoms with Crippen molar-refractivity contribution in [1.29, 1.82) is 0 Å². The van der Waals surface area contributed by atoms with Crippen LogP contribution in [-0.4, -0.2) is 10.9 Å². The molecule has 1 aliphatic rings. The molecule has 1 heterocycles. The molecule has 1 atom stereocenters. The molecular weight excluding hydrogens is 276 g/mol. The van der Waals surface area contributed by atoms with Gasteiger partial charge in [-0.05, 0) is 55.4 Å². The summed E-state index contributed by atoms with van der Waals surface area (Å²) in [5.74, 6) is 0.238. The molecule has 3 rings (SSSR count). The predicted octanol–water partition coefficient (Wildman–Crippen LogP) is 3.06. The van der Waals surface area contributed by atoms with E-state index in [1.807, 2.05) is 31.2 Å². The molecule has 0 fully saturated rings. The van der Waals surface area contributed by atoms with Crippen LogP contribution in [0.2, 0.25) is 0 Å². The summed E-state index contributed by atoms with van der Waals surface area (Å²) in [6, 6.07) is 9.30. The number of H-pyrrole nitrogens is 1. The number of hydrogen-bond acceptors (Lipinski definition) is 2. The second-order valence-corrected chi connectivity index (χ2v) is 6.13. The summed E-state index contributed by atoms with van der Waals surface area (Å²) in [6.07, 6.45) is 2.87. The summed E-state index contributed by atoms with van der Waals surface area (Å²) in [6.45, 7) is 4.12. The highest BCUT2D eigenvalue weighted by Gasteiger charge is 2.20. The topological polar surface area (TPSA) is 62.0 Å². The Morgan fingerprint density at radius 3 is 2.86 bits per heavy atom. The normalized spacial score (nSPS) is 16.9. The van der Waals surface area contributed by atoms with Crippen molar-refractivity contribution in [3.63, 3.8) is 0 Å². The first-order valence-electron chi connectivity index (χ1n) is 7.66. The van der Waals surface area contributed by atoms with Crippen molar-refractivity contribution >= 4 is 11.6 Å². The van der Waals surface area contributed by atoms with Gasteiger partial charge in [-0.25, -0.2) is 0 Å². The number of rotatable bonds is 2. The number of aromatic nitrogens is 1. The minimum Gasteiger partial charge on any atom is -0.325 e. The van der Waals surface area contributed by atoms with Gasteiger partial charge in [-0.2, -0.15) is 0 Å². The zero-order chi connectivity index (χ0) is 15.7. The van der Waals surface area contributed by atoms with Gasteiger partial charge >= 0.3 is 0 Å². The van der Waals surface area contributed by atoms with Crippen LogP contribution < -0.4 is 10.9 Å². The zero-order valence-electron chi connectivity index (χ0n) is 12.9. The van der Waals surface area contributed by atoms with Gasteiger partial charge in [0, 0.05) is 11.4 Å². The first kappa shape index (κ1) is 14.6. The summed E-state index contributed by atoms with van der Waals surface area (Å²) in [4.78, 5) is 27.5. The largest absolute Gasteiger partial charge is 0.325 e. The van der Waals surface area contributed by atoms with E-state index in [2.05, 4.69) is 17.2 Å². The van der Waals surface area contributed by atoms with Gasteiger partial charge in [0.15, 0.2) is 0 Å². The predicted molar refractivity (Wildman–Crippen MR) is 87.4 cm³/mol. The third kappa shape index (κ3) is 2.82. The number of aromatic amines is 1. The molecule has 4 nitrogen and oxygen atoms in total. The van der Waals surface area contributed by atoms with Crippen LogP contribution in [0.25, 0.3) is 0 Å². The fourth-order valence-corrected chi connectivity index (χ4v) is 2.96. The van der Waals surface area contributed by atoms with E-state index in [1.54, 1.807) is 6.07 Å². The maximum atomic E-state index is 12.4. The molecule has 0 unspecified atom stereocenters. The molecule has 0 saturated heterocycles. The smallest absolute Gasteiger partial charge is 0.261 e. The maximum absolute atomic E-state index is 12.4. The van der Waals surface area contributed by atoms with Crippen molar-refractivity contribution in [1.82, 2.24) is 4.98 Å². The number of benzene rings is 1. The lowest BCUT2D eigenvalue weighted by atomic mass is 9.87. The van der Waals surface area contributed by atoms with Crippen molar-refractivity contribution in [2.45, 2.75) is 33.1 Å². The number of hydrogen-bond donors (Lipinski definition) is 2. The summed E-state index contributed by atoms with van der Waals surface area (Å²) in [7, 11) is 0. The minimum absolute atomic E-state index is 0.191. The number of carbonyl (C=O) groups excluding carboxylic acids is 1. The lowest BCUT2D eigenvalue weighted by molar-refractivity contribution is 0.102. The number of fused-ring (bicyclic) bond motifs is 1. The highest BCUT2D eigenvalue weighted by atomic mass is 16.2. The van der Waals surface area contributed by atoms with Gasteiger partial charge in [-0.15, -0.1) is 0 Å². The summed E-state index contributed by atoms with van der Waals surface area (Å²) < 4.78 is 0. The van der Waals surface area contributed by atoms with E-state index >= 15 is 0 Å². The Morgan fingerprint density at radius 2 is 2.09 bits per heavy atom. The van der Waals surface area contributed by atoms with Crippen molar-refractivity contribution in [3.8, 4) is 0 Å². The summed E-state index contributed by atoms with van der Waals surface area (Å²) >= 11 is 0. The molecular formula is C18H20N2O2. The van der Waals surface area contributed by atoms with Gasteiger partial charge in [0.2, 0.25) is 0 Å². The van der Waals surface area contributed by atoms with Crippen molar-refractivity contribution in [3.05, 3.63) is 63.1 Å². The molecule has 1 aliphatic carbocycles. The van der Waals surface area contributed by atoms with Crippen LogP contribution in [0.4, 0.5) is 5.69 Å². The molecule has 1 amide bonds. The molecule has 0 aliphatic heterocycles. The van der Waals surface area contributed by atoms with Gasteiger partial charge in [0.25, 0.3) is 11.5 Å². The molecule has 2 N–H and O–H groups in total. The van der Waals surface area contributed by atoms with Crippen LogP contribution in [0, 0.1) is 12.8 Å². The molecule has 2 aromatic rings. The van der Waals surface area contributed by atoms with E-state index in [9.17, 15) is 9.59 Å². The van der Waals surface area contributed by atoms with Crippen molar-refractivity contribution in [2.75, 3.05) is 5.32 Å². The molecule has 22 heavy (non-hydrogen) atoms. The SMILES string of the molecule is Cc1ccccc1NC(=O)c1cc2c([nH]c1=O)CC[C@@H](C)C2. The number of amides is 1. The Balaban J connectivity index is 1.91. The number of anilines is 1. The first-order chi connectivity index (χ1) is 10.5. The quantitative estimate of drug-likeness (QED) is 0.894. The Bertz CT molecular complexity index is 777. The van der Waals surface area contributed by atoms with Crippen LogP contribution in [0.3, 0.4) is 0 Å². The number of para-hydroxylation sites is 1. The molecule has 4 heteroatoms. The number of nitrogens with one attached hydrogen (secondary N) is 2. The molecule has 0 radical (unpaired) electrons. The van der Waals surface area contributed by atoms with E-state index in [0.717, 1.165) is 41.8 Å². The second kappa shape index (κ2) is 5.79. The van der Waals surface area contributed by atoms with Crippen LogP contribution in [0.15, 0.2) is 35.1 Å². The average Bonchev–Trinajstić information content (AvgIpc) is 2.49. The number of pyridine rings is 1. The van der Waals surface area contributed by atoms with E-state index < -0.39 is 0 Å². The number of aryl methyl sites for hydroxylation is 2. The Hall–Kier alpha value is -2.36. The third-order valence-electron chi connectivity index (χ3n) is 4.31. The van der Waals surface area contributed by atoms with Gasteiger partial charge in [0.05, 0.1) is 0 Å². The van der Waals surface area contributed by atoms with Gasteiger partial charge in [-0.1, -0.05) is 25.1 Å². The van der Waals surface area contributed by atoms with E-state index in [4.69, 9.17) is 0 Å². The second-order valence-electron chi connectivity index (χ2n) is 6.13. The maximum Gasteiger partial charge on any atom is 0.261 e. The first-order valence-corrected chi connectivity index (χ1v) is 7.66. The third-order valence-corrected chi connectivity index (χ3v) is 4.31. The lowest BCUT2D eigenvalue weighted by Gasteiger charge is -2.21. The Morgan fingerprint density at radius 1 is 1.32 bits per heavy atom. The monoisotopic (exact) mass is 296 g/mol. The van der Waals surface area contributed by atoms with E-state index in [0.29, 0.717) is 5.92 Å². The number of carbonyl (C=O) groups is 1. The molecule has 0 bridgehead atoms. The highest BCUT2D eigenvalue weighted by molar-refractivity contribution is 6.04. The van der Waals surface area contributed by atoms with Crippen molar-refractivity contribution in [2.24, 2.45) is 5.92 Å². The zero-order valence-corrected chi connectivity index (χ0v) is 12.9. The highest BCUT2D eigenvalue weighted by Crippen LogP contribution is 2.23. The fourth-order valence-electron chi connectivity index (χ4n) is 2.96. The Labute approximate surface area is 129 Å². The van der Waals surface area contributed by atoms with Crippen LogP contribution in [0.1, 0.15) is 40.5 Å². The van der Waals surface area contributed by atoms with Crippen LogP contribution in [0.5, 0.6) is 0 Å². The molecule has 0 saturated carbocycles. The lowest BCUT2D eigenvalue weighted by Crippen LogP contribution is -2.27. The Kier molecular flexibility index (Phi) is 3.84. The molecule has 0 spiro atoms. The standard InChI is InChI=1S/C18H20N2O2/c1-11-7-8-16-13(9-11)10-14(18(22)20-16)17(21)19-15-6-4-3-5-12(15)2/h3-6,10-11H,7-9H2,1-2H3,(H,19,21)(H,20,22)/t11-/m1/s1. The molecule has 114 valence electrons. The van der Waals surface area contributed by atoms with E-state index in [-0.39, 0.29) is 17.0 Å².